The highest BCUT2D eigenvalue weighted by Crippen LogP contribution is 2.36. The number of carbonyl (C=O) groups excluding carboxylic acids is 2. The highest BCUT2D eigenvalue weighted by molar-refractivity contribution is 7.16. The Morgan fingerprint density at radius 1 is 1.26 bits per heavy atom. The van der Waals surface area contributed by atoms with Gasteiger partial charge in [-0.1, -0.05) is 12.1 Å². The lowest BCUT2D eigenvalue weighted by Crippen LogP contribution is -2.19. The van der Waals surface area contributed by atoms with Gasteiger partial charge in [-0.25, -0.2) is 9.97 Å². The molecule has 0 aliphatic rings. The molecule has 0 saturated carbocycles. The number of alkyl halides is 3. The lowest BCUT2D eigenvalue weighted by Gasteiger charge is -2.10. The van der Waals surface area contributed by atoms with Crippen molar-refractivity contribution < 1.29 is 22.8 Å². The van der Waals surface area contributed by atoms with Gasteiger partial charge in [0.15, 0.2) is 5.69 Å². The molecule has 0 saturated heterocycles. The molecule has 0 atom stereocenters. The van der Waals surface area contributed by atoms with Crippen molar-refractivity contribution in [3.8, 4) is 6.07 Å². The molecule has 1 aromatic carbocycles. The van der Waals surface area contributed by atoms with Crippen LogP contribution in [0.4, 0.5) is 18.9 Å². The topological polar surface area (TPSA) is 140 Å². The number of benzene rings is 1. The number of nitrogens with two attached hydrogens (primary N) is 1. The quantitative estimate of drug-likeness (QED) is 0.444. The Bertz CT molecular complexity index is 1470. The molecule has 0 bridgehead atoms. The SMILES string of the molecule is Cc1c(NC(=O)c2cc(C(N)=O)nc3scnc23)c(C(F)(F)F)nn1Cc1ccc(C#N)cc1. The molecule has 4 aromatic rings. The van der Waals surface area contributed by atoms with Crippen LogP contribution in [0.25, 0.3) is 10.3 Å². The van der Waals surface area contributed by atoms with Crippen molar-refractivity contribution in [3.63, 3.8) is 0 Å². The van der Waals surface area contributed by atoms with Gasteiger partial charge >= 0.3 is 6.18 Å². The van der Waals surface area contributed by atoms with Crippen LogP contribution >= 0.6 is 11.3 Å². The lowest BCUT2D eigenvalue weighted by atomic mass is 10.1. The van der Waals surface area contributed by atoms with Crippen LogP contribution in [-0.2, 0) is 12.7 Å². The van der Waals surface area contributed by atoms with E-state index in [1.54, 1.807) is 24.3 Å². The van der Waals surface area contributed by atoms with Crippen molar-refractivity contribution in [3.05, 3.63) is 69.6 Å². The van der Waals surface area contributed by atoms with Crippen LogP contribution in [0.15, 0.2) is 35.8 Å². The fourth-order valence-electron chi connectivity index (χ4n) is 3.24. The van der Waals surface area contributed by atoms with Gasteiger partial charge in [0.25, 0.3) is 11.8 Å². The Hall–Kier alpha value is -4.31. The summed E-state index contributed by atoms with van der Waals surface area (Å²) in [5, 5.41) is 14.9. The molecule has 3 heterocycles. The van der Waals surface area contributed by atoms with Gasteiger partial charge < -0.3 is 11.1 Å². The van der Waals surface area contributed by atoms with E-state index in [4.69, 9.17) is 11.0 Å². The molecule has 0 spiro atoms. The van der Waals surface area contributed by atoms with Gasteiger partial charge in [0.05, 0.1) is 40.6 Å². The second-order valence-corrected chi connectivity index (χ2v) is 7.99. The van der Waals surface area contributed by atoms with Crippen LogP contribution in [0.3, 0.4) is 0 Å². The normalized spacial score (nSPS) is 11.4. The van der Waals surface area contributed by atoms with E-state index < -0.39 is 29.4 Å². The molecule has 0 unspecified atom stereocenters. The van der Waals surface area contributed by atoms with E-state index in [0.717, 1.165) is 22.1 Å². The van der Waals surface area contributed by atoms with Crippen LogP contribution in [0.1, 0.15) is 43.4 Å². The smallest absolute Gasteiger partial charge is 0.364 e. The number of nitriles is 1. The number of carbonyl (C=O) groups is 2. The summed E-state index contributed by atoms with van der Waals surface area (Å²) in [7, 11) is 0. The van der Waals surface area contributed by atoms with Gasteiger partial charge in [-0.3, -0.25) is 14.3 Å². The van der Waals surface area contributed by atoms with Gasteiger partial charge in [-0.2, -0.15) is 23.5 Å². The van der Waals surface area contributed by atoms with Crippen LogP contribution in [0, 0.1) is 18.3 Å². The average Bonchev–Trinajstić information content (AvgIpc) is 3.38. The van der Waals surface area contributed by atoms with E-state index in [1.165, 1.54) is 12.4 Å². The Labute approximate surface area is 193 Å². The number of primary amides is 1. The lowest BCUT2D eigenvalue weighted by molar-refractivity contribution is -0.140. The Morgan fingerprint density at radius 3 is 2.59 bits per heavy atom. The highest BCUT2D eigenvalue weighted by atomic mass is 32.1. The van der Waals surface area contributed by atoms with Crippen LogP contribution < -0.4 is 11.1 Å². The minimum atomic E-state index is -4.85. The summed E-state index contributed by atoms with van der Waals surface area (Å²) >= 11 is 1.05. The summed E-state index contributed by atoms with van der Waals surface area (Å²) in [6.07, 6.45) is -4.85. The third kappa shape index (κ3) is 4.30. The van der Waals surface area contributed by atoms with E-state index in [1.807, 2.05) is 6.07 Å². The predicted molar refractivity (Wildman–Crippen MR) is 116 cm³/mol. The fraction of sp³-hybridized carbons (Fsp3) is 0.143. The second kappa shape index (κ2) is 8.56. The van der Waals surface area contributed by atoms with Crippen LogP contribution in [-0.4, -0.2) is 31.6 Å². The summed E-state index contributed by atoms with van der Waals surface area (Å²) in [4.78, 5) is 32.9. The molecule has 4 rings (SSSR count). The first-order chi connectivity index (χ1) is 16.1. The zero-order chi connectivity index (χ0) is 24.6. The third-order valence-electron chi connectivity index (χ3n) is 4.93. The first-order valence-electron chi connectivity index (χ1n) is 9.57. The molecule has 9 nitrogen and oxygen atoms in total. The van der Waals surface area contributed by atoms with Crippen LogP contribution in [0.5, 0.6) is 0 Å². The number of amides is 2. The van der Waals surface area contributed by atoms with Crippen molar-refractivity contribution in [2.75, 3.05) is 5.32 Å². The Kier molecular flexibility index (Phi) is 5.76. The molecular weight excluding hydrogens is 471 g/mol. The maximum absolute atomic E-state index is 13.8. The molecule has 172 valence electrons. The number of pyridine rings is 1. The first kappa shape index (κ1) is 22.9. The number of thiazole rings is 1. The number of nitrogens with one attached hydrogen (secondary N) is 1. The van der Waals surface area contributed by atoms with Gasteiger partial charge in [0.2, 0.25) is 0 Å². The van der Waals surface area contributed by atoms with Gasteiger partial charge in [-0.15, -0.1) is 11.3 Å². The summed E-state index contributed by atoms with van der Waals surface area (Å²) < 4.78 is 42.4. The second-order valence-electron chi connectivity index (χ2n) is 7.15. The molecule has 0 aliphatic carbocycles. The maximum Gasteiger partial charge on any atom is 0.437 e. The molecule has 3 N–H and O–H groups in total. The molecule has 13 heteroatoms. The summed E-state index contributed by atoms with van der Waals surface area (Å²) in [5.41, 5.74) is 5.71. The van der Waals surface area contributed by atoms with E-state index in [9.17, 15) is 22.8 Å². The van der Waals surface area contributed by atoms with Crippen molar-refractivity contribution in [2.24, 2.45) is 5.73 Å². The van der Waals surface area contributed by atoms with E-state index >= 15 is 0 Å². The molecule has 3 aromatic heterocycles. The number of fused-ring (bicyclic) bond motifs is 1. The van der Waals surface area contributed by atoms with E-state index in [-0.39, 0.29) is 33.8 Å². The summed E-state index contributed by atoms with van der Waals surface area (Å²) in [6, 6.07) is 9.34. The minimum absolute atomic E-state index is 0.0199. The number of anilines is 1. The van der Waals surface area contributed by atoms with Crippen molar-refractivity contribution in [1.29, 1.82) is 5.26 Å². The predicted octanol–water partition coefficient (Wildman–Crippen LogP) is 3.49. The molecule has 0 aliphatic heterocycles. The summed E-state index contributed by atoms with van der Waals surface area (Å²) in [6.45, 7) is 1.37. The maximum atomic E-state index is 13.8. The minimum Gasteiger partial charge on any atom is -0.364 e. The molecule has 34 heavy (non-hydrogen) atoms. The number of halogens is 3. The van der Waals surface area contributed by atoms with E-state index in [0.29, 0.717) is 11.1 Å². The molecule has 2 amide bonds. The number of hydrogen-bond acceptors (Lipinski definition) is 7. The van der Waals surface area contributed by atoms with Gasteiger partial charge in [-0.05, 0) is 30.7 Å². The van der Waals surface area contributed by atoms with Crippen molar-refractivity contribution >= 4 is 39.2 Å². The molecule has 0 fully saturated rings. The number of hydrogen-bond donors (Lipinski definition) is 2. The van der Waals surface area contributed by atoms with Gasteiger partial charge in [0.1, 0.15) is 16.0 Å². The number of aromatic nitrogens is 4. The van der Waals surface area contributed by atoms with Crippen molar-refractivity contribution in [2.45, 2.75) is 19.6 Å². The monoisotopic (exact) mass is 485 g/mol. The third-order valence-corrected chi connectivity index (χ3v) is 5.65. The Balaban J connectivity index is 1.73. The van der Waals surface area contributed by atoms with Gasteiger partial charge in [0, 0.05) is 0 Å². The highest BCUT2D eigenvalue weighted by Gasteiger charge is 2.39. The zero-order valence-electron chi connectivity index (χ0n) is 17.3. The van der Waals surface area contributed by atoms with Crippen molar-refractivity contribution in [1.82, 2.24) is 19.7 Å². The summed E-state index contributed by atoms with van der Waals surface area (Å²) in [5.74, 6) is -1.82. The fourth-order valence-corrected chi connectivity index (χ4v) is 3.92. The largest absolute Gasteiger partial charge is 0.437 e. The van der Waals surface area contributed by atoms with E-state index in [2.05, 4.69) is 20.4 Å². The number of nitrogens with zero attached hydrogens (tertiary/aromatic N) is 5. The van der Waals surface area contributed by atoms with Crippen LogP contribution in [0.2, 0.25) is 0 Å². The molecular formula is C21H14F3N7O2S. The number of rotatable bonds is 5. The zero-order valence-corrected chi connectivity index (χ0v) is 18.2. The standard InChI is InChI=1S/C21H14F3N7O2S/c1-10-15(29-19(33)13-6-14(18(26)32)28-20-16(13)27-9-34-20)17(21(22,23)24)30-31(10)8-12-4-2-11(7-25)3-5-12/h2-6,9H,8H2,1H3,(H2,26,32)(H,29,33). The average molecular weight is 485 g/mol. The Morgan fingerprint density at radius 2 is 1.97 bits per heavy atom. The first-order valence-corrected chi connectivity index (χ1v) is 10.5. The molecule has 0 radical (unpaired) electrons.